The molecule has 1 aromatic carbocycles. The zero-order valence-electron chi connectivity index (χ0n) is 14.4. The second kappa shape index (κ2) is 12.9. The van der Waals surface area contributed by atoms with E-state index in [0.717, 1.165) is 0 Å². The molecule has 0 spiro atoms. The molecule has 0 atom stereocenters. The molecule has 21 heavy (non-hydrogen) atoms. The van der Waals surface area contributed by atoms with Gasteiger partial charge < -0.3 is 0 Å². The highest BCUT2D eigenvalue weighted by molar-refractivity contribution is 5.19. The summed E-state index contributed by atoms with van der Waals surface area (Å²) >= 11 is 0. The Kier molecular flexibility index (Phi) is 11.2. The number of benzene rings is 1. The third-order valence-corrected chi connectivity index (χ3v) is 4.31. The number of hydrogen-bond donors (Lipinski definition) is 0. The fraction of sp³-hybridized carbons (Fsp3) is 0.667. The van der Waals surface area contributed by atoms with Crippen LogP contribution in [0.3, 0.4) is 0 Å². The Morgan fingerprint density at radius 1 is 0.667 bits per heavy atom. The van der Waals surface area contributed by atoms with Gasteiger partial charge in [-0.3, -0.25) is 0 Å². The first-order valence-corrected chi connectivity index (χ1v) is 9.24. The molecule has 0 saturated carbocycles. The van der Waals surface area contributed by atoms with Gasteiger partial charge in [-0.1, -0.05) is 102 Å². The average molecular weight is 288 g/mol. The largest absolute Gasteiger partial charge is 0.0654 e. The van der Waals surface area contributed by atoms with Gasteiger partial charge in [-0.15, -0.1) is 0 Å². The standard InChI is InChI=1S/C21H35/c1-3-5-7-8-9-10-12-16-20(15-6-4-2)19-21-17-13-11-14-18-21/h11,13-14,17-18H,3-10,12,15-16,19H2,1-2H3. The van der Waals surface area contributed by atoms with Crippen LogP contribution in [-0.4, -0.2) is 0 Å². The third-order valence-electron chi connectivity index (χ3n) is 4.31. The van der Waals surface area contributed by atoms with Crippen molar-refractivity contribution in [1.29, 1.82) is 0 Å². The summed E-state index contributed by atoms with van der Waals surface area (Å²) in [5.41, 5.74) is 1.49. The first kappa shape index (κ1) is 18.3. The summed E-state index contributed by atoms with van der Waals surface area (Å²) in [6.07, 6.45) is 16.5. The van der Waals surface area contributed by atoms with Gasteiger partial charge in [0.05, 0.1) is 0 Å². The highest BCUT2D eigenvalue weighted by Crippen LogP contribution is 2.24. The third kappa shape index (κ3) is 9.72. The second-order valence-corrected chi connectivity index (χ2v) is 6.39. The zero-order valence-corrected chi connectivity index (χ0v) is 14.4. The number of unbranched alkanes of at least 4 members (excludes halogenated alkanes) is 7. The minimum absolute atomic E-state index is 1.21. The molecule has 0 aromatic heterocycles. The molecule has 0 heteroatoms. The van der Waals surface area contributed by atoms with Crippen LogP contribution in [0.25, 0.3) is 0 Å². The first-order valence-electron chi connectivity index (χ1n) is 9.24. The summed E-state index contributed by atoms with van der Waals surface area (Å²) in [6, 6.07) is 11.0. The zero-order chi connectivity index (χ0) is 15.2. The van der Waals surface area contributed by atoms with Crippen molar-refractivity contribution in [2.24, 2.45) is 0 Å². The SMILES string of the molecule is CCCCCCCCC[C](CCCC)Cc1ccccc1. The van der Waals surface area contributed by atoms with Crippen LogP contribution in [-0.2, 0) is 6.42 Å². The molecular weight excluding hydrogens is 252 g/mol. The maximum Gasteiger partial charge on any atom is -0.0197 e. The second-order valence-electron chi connectivity index (χ2n) is 6.39. The average Bonchev–Trinajstić information content (AvgIpc) is 2.52. The molecule has 0 bridgehead atoms. The Balaban J connectivity index is 2.20. The Morgan fingerprint density at radius 2 is 1.24 bits per heavy atom. The summed E-state index contributed by atoms with van der Waals surface area (Å²) in [4.78, 5) is 0. The van der Waals surface area contributed by atoms with E-state index >= 15 is 0 Å². The lowest BCUT2D eigenvalue weighted by atomic mass is 9.89. The summed E-state index contributed by atoms with van der Waals surface area (Å²) in [5, 5.41) is 0. The summed E-state index contributed by atoms with van der Waals surface area (Å²) < 4.78 is 0. The van der Waals surface area contributed by atoms with E-state index in [0.29, 0.717) is 0 Å². The van der Waals surface area contributed by atoms with Gasteiger partial charge in [0.25, 0.3) is 0 Å². The Hall–Kier alpha value is -0.780. The summed E-state index contributed by atoms with van der Waals surface area (Å²) in [5.74, 6) is 1.77. The van der Waals surface area contributed by atoms with Gasteiger partial charge in [-0.05, 0) is 30.7 Å². The van der Waals surface area contributed by atoms with Crippen LogP contribution < -0.4 is 0 Å². The molecule has 0 aliphatic rings. The lowest BCUT2D eigenvalue weighted by molar-refractivity contribution is 0.555. The van der Waals surface area contributed by atoms with E-state index in [-0.39, 0.29) is 0 Å². The maximum absolute atomic E-state index is 2.30. The molecule has 0 N–H and O–H groups in total. The highest BCUT2D eigenvalue weighted by Gasteiger charge is 2.09. The molecule has 0 aliphatic carbocycles. The van der Waals surface area contributed by atoms with Crippen molar-refractivity contribution in [2.45, 2.75) is 90.9 Å². The van der Waals surface area contributed by atoms with Crippen LogP contribution in [0, 0.1) is 5.92 Å². The molecule has 0 fully saturated rings. The smallest absolute Gasteiger partial charge is 0.0197 e. The molecular formula is C21H35. The topological polar surface area (TPSA) is 0 Å². The van der Waals surface area contributed by atoms with Crippen LogP contribution in [0.4, 0.5) is 0 Å². The van der Waals surface area contributed by atoms with E-state index in [1.807, 2.05) is 0 Å². The van der Waals surface area contributed by atoms with Crippen LogP contribution in [0.1, 0.15) is 90.0 Å². The molecule has 0 heterocycles. The summed E-state index contributed by atoms with van der Waals surface area (Å²) in [7, 11) is 0. The normalized spacial score (nSPS) is 11.2. The van der Waals surface area contributed by atoms with E-state index in [1.54, 1.807) is 5.92 Å². The Morgan fingerprint density at radius 3 is 1.90 bits per heavy atom. The van der Waals surface area contributed by atoms with Gasteiger partial charge in [0.1, 0.15) is 0 Å². The monoisotopic (exact) mass is 287 g/mol. The van der Waals surface area contributed by atoms with Crippen LogP contribution in [0.5, 0.6) is 0 Å². The minimum atomic E-state index is 1.21. The lowest BCUT2D eigenvalue weighted by Crippen LogP contribution is -2.02. The van der Waals surface area contributed by atoms with E-state index < -0.39 is 0 Å². The van der Waals surface area contributed by atoms with Crippen molar-refractivity contribution in [1.82, 2.24) is 0 Å². The van der Waals surface area contributed by atoms with Gasteiger partial charge >= 0.3 is 0 Å². The van der Waals surface area contributed by atoms with Crippen molar-refractivity contribution in [2.75, 3.05) is 0 Å². The van der Waals surface area contributed by atoms with Crippen LogP contribution >= 0.6 is 0 Å². The number of rotatable bonds is 13. The molecule has 1 rings (SSSR count). The first-order chi connectivity index (χ1) is 10.4. The van der Waals surface area contributed by atoms with E-state index in [2.05, 4.69) is 44.2 Å². The van der Waals surface area contributed by atoms with Crippen molar-refractivity contribution in [3.05, 3.63) is 41.8 Å². The van der Waals surface area contributed by atoms with Crippen molar-refractivity contribution < 1.29 is 0 Å². The molecule has 0 aliphatic heterocycles. The lowest BCUT2D eigenvalue weighted by Gasteiger charge is -2.16. The van der Waals surface area contributed by atoms with Crippen molar-refractivity contribution in [3.63, 3.8) is 0 Å². The highest BCUT2D eigenvalue weighted by atomic mass is 14.1. The Labute approximate surface area is 133 Å². The molecule has 0 saturated heterocycles. The van der Waals surface area contributed by atoms with Crippen LogP contribution in [0.2, 0.25) is 0 Å². The van der Waals surface area contributed by atoms with Gasteiger partial charge in [-0.25, -0.2) is 0 Å². The number of hydrogen-bond acceptors (Lipinski definition) is 0. The summed E-state index contributed by atoms with van der Waals surface area (Å²) in [6.45, 7) is 4.59. The van der Waals surface area contributed by atoms with E-state index in [4.69, 9.17) is 0 Å². The van der Waals surface area contributed by atoms with Gasteiger partial charge in [0.15, 0.2) is 0 Å². The minimum Gasteiger partial charge on any atom is -0.0654 e. The molecule has 1 aromatic rings. The molecule has 0 unspecified atom stereocenters. The fourth-order valence-electron chi connectivity index (χ4n) is 2.95. The quantitative estimate of drug-likeness (QED) is 0.338. The fourth-order valence-corrected chi connectivity index (χ4v) is 2.95. The van der Waals surface area contributed by atoms with Gasteiger partial charge in [-0.2, -0.15) is 0 Å². The van der Waals surface area contributed by atoms with Gasteiger partial charge in [0.2, 0.25) is 0 Å². The van der Waals surface area contributed by atoms with Crippen molar-refractivity contribution >= 4 is 0 Å². The molecule has 0 nitrogen and oxygen atoms in total. The molecule has 0 amide bonds. The van der Waals surface area contributed by atoms with Crippen LogP contribution in [0.15, 0.2) is 30.3 Å². The molecule has 119 valence electrons. The van der Waals surface area contributed by atoms with E-state index in [9.17, 15) is 0 Å². The maximum atomic E-state index is 2.30. The Bertz CT molecular complexity index is 314. The van der Waals surface area contributed by atoms with E-state index in [1.165, 1.54) is 82.6 Å². The predicted molar refractivity (Wildman–Crippen MR) is 95.5 cm³/mol. The predicted octanol–water partition coefficient (Wildman–Crippen LogP) is 7.13. The van der Waals surface area contributed by atoms with Gasteiger partial charge in [0, 0.05) is 0 Å². The molecule has 1 radical (unpaired) electrons. The van der Waals surface area contributed by atoms with Crippen molar-refractivity contribution in [3.8, 4) is 0 Å².